The molecule has 2 heterocycles. The molecule has 1 saturated carbocycles. The highest BCUT2D eigenvalue weighted by molar-refractivity contribution is 5.78. The second-order valence-electron chi connectivity index (χ2n) is 4.53. The van der Waals surface area contributed by atoms with Crippen molar-refractivity contribution >= 4 is 5.91 Å². The fraction of sp³-hybridized carbons (Fsp3) is 0.900. The van der Waals surface area contributed by atoms with E-state index in [2.05, 4.69) is 15.3 Å². The zero-order valence-corrected chi connectivity index (χ0v) is 8.41. The first-order chi connectivity index (χ1) is 6.86. The molecule has 4 nitrogen and oxygen atoms in total. The Hall–Kier alpha value is -0.610. The van der Waals surface area contributed by atoms with Crippen LogP contribution in [-0.2, 0) is 4.79 Å². The minimum absolute atomic E-state index is 0.339. The van der Waals surface area contributed by atoms with Gasteiger partial charge in [0.15, 0.2) is 0 Å². The van der Waals surface area contributed by atoms with Crippen molar-refractivity contribution in [1.82, 2.24) is 15.3 Å². The molecule has 3 fully saturated rings. The van der Waals surface area contributed by atoms with Gasteiger partial charge in [0, 0.05) is 25.6 Å². The third-order valence-electron chi connectivity index (χ3n) is 3.44. The van der Waals surface area contributed by atoms with Crippen molar-refractivity contribution in [3.05, 3.63) is 0 Å². The SMILES string of the molecule is O=C1CCN(C2CC2)N1C1CCNC1. The summed E-state index contributed by atoms with van der Waals surface area (Å²) in [7, 11) is 0. The molecule has 4 heteroatoms. The molecule has 0 aromatic rings. The zero-order valence-electron chi connectivity index (χ0n) is 8.41. The van der Waals surface area contributed by atoms with Gasteiger partial charge in [-0.05, 0) is 25.8 Å². The van der Waals surface area contributed by atoms with Gasteiger partial charge in [0.1, 0.15) is 0 Å². The third kappa shape index (κ3) is 1.33. The average molecular weight is 195 g/mol. The minimum atomic E-state index is 0.339. The summed E-state index contributed by atoms with van der Waals surface area (Å²) >= 11 is 0. The van der Waals surface area contributed by atoms with Crippen LogP contribution in [0.3, 0.4) is 0 Å². The first kappa shape index (κ1) is 8.68. The number of carbonyl (C=O) groups excluding carboxylic acids is 1. The van der Waals surface area contributed by atoms with E-state index >= 15 is 0 Å². The summed E-state index contributed by atoms with van der Waals surface area (Å²) in [5.74, 6) is 0.339. The van der Waals surface area contributed by atoms with Crippen molar-refractivity contribution in [3.8, 4) is 0 Å². The summed E-state index contributed by atoms with van der Waals surface area (Å²) in [6.07, 6.45) is 4.41. The van der Waals surface area contributed by atoms with E-state index in [0.717, 1.165) is 32.5 Å². The number of hydrogen-bond donors (Lipinski definition) is 1. The van der Waals surface area contributed by atoms with Crippen LogP contribution in [0.15, 0.2) is 0 Å². The number of nitrogens with one attached hydrogen (secondary N) is 1. The summed E-state index contributed by atoms with van der Waals surface area (Å²) in [5.41, 5.74) is 0. The van der Waals surface area contributed by atoms with Crippen molar-refractivity contribution in [2.45, 2.75) is 37.8 Å². The highest BCUT2D eigenvalue weighted by atomic mass is 16.2. The van der Waals surface area contributed by atoms with E-state index in [9.17, 15) is 4.79 Å². The Morgan fingerprint density at radius 2 is 2.07 bits per heavy atom. The van der Waals surface area contributed by atoms with Crippen LogP contribution in [0.2, 0.25) is 0 Å². The maximum atomic E-state index is 11.8. The van der Waals surface area contributed by atoms with E-state index in [1.165, 1.54) is 12.8 Å². The summed E-state index contributed by atoms with van der Waals surface area (Å²) in [6, 6.07) is 1.12. The number of carbonyl (C=O) groups is 1. The number of nitrogens with zero attached hydrogens (tertiary/aromatic N) is 2. The van der Waals surface area contributed by atoms with Crippen molar-refractivity contribution in [2.24, 2.45) is 0 Å². The van der Waals surface area contributed by atoms with E-state index < -0.39 is 0 Å². The highest BCUT2D eigenvalue weighted by Gasteiger charge is 2.42. The van der Waals surface area contributed by atoms with Crippen molar-refractivity contribution in [3.63, 3.8) is 0 Å². The van der Waals surface area contributed by atoms with Crippen LogP contribution in [-0.4, -0.2) is 47.6 Å². The molecule has 0 spiro atoms. The Balaban J connectivity index is 1.75. The van der Waals surface area contributed by atoms with E-state index in [-0.39, 0.29) is 0 Å². The predicted octanol–water partition coefficient (Wildman–Crippen LogP) is -0.0400. The lowest BCUT2D eigenvalue weighted by Gasteiger charge is -2.32. The molecule has 0 aromatic carbocycles. The van der Waals surface area contributed by atoms with Gasteiger partial charge in [-0.25, -0.2) is 5.01 Å². The second kappa shape index (κ2) is 3.21. The van der Waals surface area contributed by atoms with Gasteiger partial charge in [-0.1, -0.05) is 0 Å². The van der Waals surface area contributed by atoms with Gasteiger partial charge in [-0.3, -0.25) is 9.80 Å². The zero-order chi connectivity index (χ0) is 9.54. The number of hydrazine groups is 1. The normalized spacial score (nSPS) is 34.4. The van der Waals surface area contributed by atoms with Crippen LogP contribution in [0, 0.1) is 0 Å². The Morgan fingerprint density at radius 1 is 1.21 bits per heavy atom. The molecular formula is C10H17N3O. The van der Waals surface area contributed by atoms with Crippen molar-refractivity contribution in [2.75, 3.05) is 19.6 Å². The Bertz CT molecular complexity index is 246. The standard InChI is InChI=1S/C10H17N3O/c14-10-4-6-12(8-1-2-8)13(10)9-3-5-11-7-9/h8-9,11H,1-7H2. The van der Waals surface area contributed by atoms with Gasteiger partial charge in [0.05, 0.1) is 6.04 Å². The fourth-order valence-electron chi connectivity index (χ4n) is 2.57. The van der Waals surface area contributed by atoms with Crippen molar-refractivity contribution in [1.29, 1.82) is 0 Å². The molecule has 1 unspecified atom stereocenters. The van der Waals surface area contributed by atoms with E-state index in [4.69, 9.17) is 0 Å². The molecule has 0 bridgehead atoms. The molecule has 1 N–H and O–H groups in total. The summed E-state index contributed by atoms with van der Waals surface area (Å²) < 4.78 is 0. The highest BCUT2D eigenvalue weighted by Crippen LogP contribution is 2.33. The van der Waals surface area contributed by atoms with Gasteiger partial charge in [-0.15, -0.1) is 0 Å². The van der Waals surface area contributed by atoms with Crippen LogP contribution < -0.4 is 5.32 Å². The molecule has 1 amide bonds. The van der Waals surface area contributed by atoms with E-state index in [1.54, 1.807) is 0 Å². The molecule has 2 saturated heterocycles. The molecule has 1 aliphatic carbocycles. The lowest BCUT2D eigenvalue weighted by molar-refractivity contribution is -0.142. The Kier molecular flexibility index (Phi) is 1.99. The number of hydrogen-bond acceptors (Lipinski definition) is 3. The third-order valence-corrected chi connectivity index (χ3v) is 3.44. The lowest BCUT2D eigenvalue weighted by atomic mass is 10.2. The smallest absolute Gasteiger partial charge is 0.238 e. The first-order valence-corrected chi connectivity index (χ1v) is 5.65. The van der Waals surface area contributed by atoms with E-state index in [1.807, 2.05) is 0 Å². The van der Waals surface area contributed by atoms with Crippen LogP contribution in [0.5, 0.6) is 0 Å². The average Bonchev–Trinajstić information content (AvgIpc) is 2.75. The monoisotopic (exact) mass is 195 g/mol. The Labute approximate surface area is 84.2 Å². The van der Waals surface area contributed by atoms with Crippen LogP contribution in [0.1, 0.15) is 25.7 Å². The van der Waals surface area contributed by atoms with E-state index in [0.29, 0.717) is 18.0 Å². The van der Waals surface area contributed by atoms with Crippen LogP contribution in [0.25, 0.3) is 0 Å². The summed E-state index contributed by atoms with van der Waals surface area (Å²) in [5, 5.41) is 7.70. The molecule has 0 aromatic heterocycles. The minimum Gasteiger partial charge on any atom is -0.315 e. The first-order valence-electron chi connectivity index (χ1n) is 5.65. The Morgan fingerprint density at radius 3 is 2.71 bits per heavy atom. The van der Waals surface area contributed by atoms with Crippen LogP contribution >= 0.6 is 0 Å². The van der Waals surface area contributed by atoms with Crippen LogP contribution in [0.4, 0.5) is 0 Å². The molecule has 78 valence electrons. The van der Waals surface area contributed by atoms with Gasteiger partial charge < -0.3 is 5.32 Å². The lowest BCUT2D eigenvalue weighted by Crippen LogP contribution is -2.48. The largest absolute Gasteiger partial charge is 0.315 e. The molecule has 1 atom stereocenters. The molecule has 3 rings (SSSR count). The fourth-order valence-corrected chi connectivity index (χ4v) is 2.57. The molecule has 0 radical (unpaired) electrons. The summed E-state index contributed by atoms with van der Waals surface area (Å²) in [4.78, 5) is 11.8. The number of amides is 1. The predicted molar refractivity (Wildman–Crippen MR) is 52.5 cm³/mol. The van der Waals surface area contributed by atoms with Crippen molar-refractivity contribution < 1.29 is 4.79 Å². The number of rotatable bonds is 2. The summed E-state index contributed by atoms with van der Waals surface area (Å²) in [6.45, 7) is 3.00. The van der Waals surface area contributed by atoms with Gasteiger partial charge >= 0.3 is 0 Å². The molecule has 2 aliphatic heterocycles. The second-order valence-corrected chi connectivity index (χ2v) is 4.53. The molecule has 14 heavy (non-hydrogen) atoms. The maximum Gasteiger partial charge on any atom is 0.238 e. The topological polar surface area (TPSA) is 35.6 Å². The van der Waals surface area contributed by atoms with Gasteiger partial charge in [0.2, 0.25) is 5.91 Å². The molecule has 3 aliphatic rings. The molecular weight excluding hydrogens is 178 g/mol. The maximum absolute atomic E-state index is 11.8. The van der Waals surface area contributed by atoms with Gasteiger partial charge in [0.25, 0.3) is 0 Å². The van der Waals surface area contributed by atoms with Gasteiger partial charge in [-0.2, -0.15) is 0 Å². The quantitative estimate of drug-likeness (QED) is 0.671.